The van der Waals surface area contributed by atoms with Crippen LogP contribution in [0.4, 0.5) is 0 Å². The quantitative estimate of drug-likeness (QED) is 0.738. The molecule has 1 atom stereocenters. The van der Waals surface area contributed by atoms with E-state index >= 15 is 0 Å². The maximum Gasteiger partial charge on any atom is 0.143 e. The molecule has 0 aliphatic carbocycles. The van der Waals surface area contributed by atoms with Crippen molar-refractivity contribution in [1.29, 1.82) is 0 Å². The van der Waals surface area contributed by atoms with Crippen LogP contribution in [0, 0.1) is 0 Å². The Morgan fingerprint density at radius 1 is 1.28 bits per heavy atom. The van der Waals surface area contributed by atoms with Gasteiger partial charge in [-0.2, -0.15) is 0 Å². The molecule has 0 bridgehead atoms. The second kappa shape index (κ2) is 4.14. The second-order valence-electron chi connectivity index (χ2n) is 4.34. The van der Waals surface area contributed by atoms with Crippen molar-refractivity contribution >= 4 is 16.7 Å². The molecule has 4 heteroatoms. The highest BCUT2D eigenvalue weighted by Crippen LogP contribution is 2.30. The monoisotopic (exact) mass is 239 g/mol. The average molecular weight is 239 g/mol. The van der Waals surface area contributed by atoms with Gasteiger partial charge >= 0.3 is 0 Å². The molecule has 3 aromatic rings. The Labute approximate surface area is 104 Å². The first-order valence-corrected chi connectivity index (χ1v) is 5.82. The molecule has 0 aliphatic heterocycles. The lowest BCUT2D eigenvalue weighted by Gasteiger charge is -2.10. The molecule has 90 valence electrons. The van der Waals surface area contributed by atoms with E-state index in [1.165, 1.54) is 0 Å². The van der Waals surface area contributed by atoms with Gasteiger partial charge in [0.05, 0.1) is 12.2 Å². The summed E-state index contributed by atoms with van der Waals surface area (Å²) in [6, 6.07) is 7.97. The van der Waals surface area contributed by atoms with Gasteiger partial charge in [-0.05, 0) is 18.6 Å². The Morgan fingerprint density at radius 2 is 2.11 bits per heavy atom. The number of benzene rings is 1. The van der Waals surface area contributed by atoms with E-state index in [1.807, 2.05) is 30.5 Å². The summed E-state index contributed by atoms with van der Waals surface area (Å²) in [5, 5.41) is 1.08. The number of Topliss-reactive ketones (excluding diaryl/α,β-unsaturated/α-hetero) is 1. The summed E-state index contributed by atoms with van der Waals surface area (Å²) in [4.78, 5) is 22.1. The predicted molar refractivity (Wildman–Crippen MR) is 69.4 cm³/mol. The molecule has 1 aromatic carbocycles. The van der Waals surface area contributed by atoms with Crippen molar-refractivity contribution in [3.05, 3.63) is 54.2 Å². The minimum atomic E-state index is -0.288. The number of H-pyrrole nitrogens is 2. The normalized spacial score (nSPS) is 12.7. The van der Waals surface area contributed by atoms with Crippen LogP contribution in [-0.4, -0.2) is 20.7 Å². The van der Waals surface area contributed by atoms with Crippen LogP contribution < -0.4 is 0 Å². The van der Waals surface area contributed by atoms with Gasteiger partial charge in [0.2, 0.25) is 0 Å². The smallest absolute Gasteiger partial charge is 0.143 e. The average Bonchev–Trinajstić information content (AvgIpc) is 3.00. The highest BCUT2D eigenvalue weighted by atomic mass is 16.1. The molecule has 18 heavy (non-hydrogen) atoms. The maximum atomic E-state index is 11.9. The molecule has 2 heterocycles. The van der Waals surface area contributed by atoms with E-state index in [-0.39, 0.29) is 11.7 Å². The van der Waals surface area contributed by atoms with Gasteiger partial charge in [-0.15, -0.1) is 0 Å². The number of hydrogen-bond donors (Lipinski definition) is 2. The van der Waals surface area contributed by atoms with E-state index in [1.54, 1.807) is 19.4 Å². The van der Waals surface area contributed by atoms with E-state index < -0.39 is 0 Å². The SMILES string of the molecule is CC(=O)C(c1cnc[nH]1)c1c[nH]c2ccccc12. The van der Waals surface area contributed by atoms with Crippen molar-refractivity contribution in [1.82, 2.24) is 15.0 Å². The molecular formula is C14H13N3O. The molecule has 3 rings (SSSR count). The number of nitrogens with zero attached hydrogens (tertiary/aromatic N) is 1. The number of rotatable bonds is 3. The van der Waals surface area contributed by atoms with Crippen molar-refractivity contribution in [2.75, 3.05) is 0 Å². The van der Waals surface area contributed by atoms with Crippen molar-refractivity contribution in [2.45, 2.75) is 12.8 Å². The van der Waals surface area contributed by atoms with Crippen LogP contribution >= 0.6 is 0 Å². The standard InChI is InChI=1S/C14H13N3O/c1-9(18)14(13-7-15-8-17-13)11-6-16-12-5-3-2-4-10(11)12/h2-8,14,16H,1H3,(H,15,17). The number of carbonyl (C=O) groups is 1. The number of imidazole rings is 1. The molecule has 2 N–H and O–H groups in total. The summed E-state index contributed by atoms with van der Waals surface area (Å²) in [6.45, 7) is 1.60. The first kappa shape index (κ1) is 10.8. The molecule has 1 unspecified atom stereocenters. The van der Waals surface area contributed by atoms with Crippen LogP contribution in [0.5, 0.6) is 0 Å². The van der Waals surface area contributed by atoms with Crippen molar-refractivity contribution < 1.29 is 4.79 Å². The van der Waals surface area contributed by atoms with Gasteiger partial charge in [-0.25, -0.2) is 4.98 Å². The third-order valence-corrected chi connectivity index (χ3v) is 3.17. The predicted octanol–water partition coefficient (Wildman–Crippen LogP) is 2.61. The number of ketones is 1. The van der Waals surface area contributed by atoms with E-state index in [4.69, 9.17) is 0 Å². The number of aromatic nitrogens is 3. The van der Waals surface area contributed by atoms with Crippen molar-refractivity contribution in [3.8, 4) is 0 Å². The minimum absolute atomic E-state index is 0.101. The third-order valence-electron chi connectivity index (χ3n) is 3.17. The lowest BCUT2D eigenvalue weighted by atomic mass is 9.92. The Morgan fingerprint density at radius 3 is 2.83 bits per heavy atom. The van der Waals surface area contributed by atoms with E-state index in [2.05, 4.69) is 15.0 Å². The molecule has 4 nitrogen and oxygen atoms in total. The van der Waals surface area contributed by atoms with Gasteiger partial charge in [-0.3, -0.25) is 4.79 Å². The van der Waals surface area contributed by atoms with Gasteiger partial charge in [0.25, 0.3) is 0 Å². The van der Waals surface area contributed by atoms with Crippen LogP contribution in [0.1, 0.15) is 24.1 Å². The van der Waals surface area contributed by atoms with Crippen molar-refractivity contribution in [3.63, 3.8) is 0 Å². The van der Waals surface area contributed by atoms with Crippen LogP contribution in [0.25, 0.3) is 10.9 Å². The Bertz CT molecular complexity index is 682. The molecular weight excluding hydrogens is 226 g/mol. The van der Waals surface area contributed by atoms with Crippen LogP contribution in [-0.2, 0) is 4.79 Å². The van der Waals surface area contributed by atoms with E-state index in [0.717, 1.165) is 22.2 Å². The van der Waals surface area contributed by atoms with Gasteiger partial charge in [0.1, 0.15) is 5.78 Å². The second-order valence-corrected chi connectivity index (χ2v) is 4.34. The molecule has 0 fully saturated rings. The summed E-state index contributed by atoms with van der Waals surface area (Å²) < 4.78 is 0. The Hall–Kier alpha value is -2.36. The van der Waals surface area contributed by atoms with E-state index in [0.29, 0.717) is 0 Å². The Kier molecular flexibility index (Phi) is 2.48. The highest BCUT2D eigenvalue weighted by molar-refractivity contribution is 5.93. The first-order valence-electron chi connectivity index (χ1n) is 5.82. The number of aromatic amines is 2. The fourth-order valence-corrected chi connectivity index (χ4v) is 2.36. The van der Waals surface area contributed by atoms with Crippen molar-refractivity contribution in [2.24, 2.45) is 0 Å². The van der Waals surface area contributed by atoms with Gasteiger partial charge < -0.3 is 9.97 Å². The maximum absolute atomic E-state index is 11.9. The lowest BCUT2D eigenvalue weighted by molar-refractivity contribution is -0.117. The summed E-state index contributed by atoms with van der Waals surface area (Å²) in [5.74, 6) is -0.187. The summed E-state index contributed by atoms with van der Waals surface area (Å²) in [5.41, 5.74) is 2.85. The fraction of sp³-hybridized carbons (Fsp3) is 0.143. The molecule has 0 radical (unpaired) electrons. The van der Waals surface area contributed by atoms with Crippen LogP contribution in [0.3, 0.4) is 0 Å². The molecule has 0 saturated heterocycles. The third kappa shape index (κ3) is 1.62. The minimum Gasteiger partial charge on any atom is -0.361 e. The first-order chi connectivity index (χ1) is 8.77. The molecule has 0 spiro atoms. The van der Waals surface area contributed by atoms with Gasteiger partial charge in [0.15, 0.2) is 0 Å². The number of para-hydroxylation sites is 1. The zero-order valence-electron chi connectivity index (χ0n) is 9.97. The molecule has 0 saturated carbocycles. The summed E-state index contributed by atoms with van der Waals surface area (Å²) in [7, 11) is 0. The molecule has 0 amide bonds. The zero-order chi connectivity index (χ0) is 12.5. The van der Waals surface area contributed by atoms with Crippen LogP contribution in [0.15, 0.2) is 43.0 Å². The molecule has 2 aromatic heterocycles. The Balaban J connectivity index is 2.19. The number of carbonyl (C=O) groups excluding carboxylic acids is 1. The molecule has 0 aliphatic rings. The largest absolute Gasteiger partial charge is 0.361 e. The van der Waals surface area contributed by atoms with Crippen LogP contribution in [0.2, 0.25) is 0 Å². The van der Waals surface area contributed by atoms with Gasteiger partial charge in [-0.1, -0.05) is 18.2 Å². The fourth-order valence-electron chi connectivity index (χ4n) is 2.36. The zero-order valence-corrected chi connectivity index (χ0v) is 9.97. The topological polar surface area (TPSA) is 61.5 Å². The highest BCUT2D eigenvalue weighted by Gasteiger charge is 2.23. The van der Waals surface area contributed by atoms with Gasteiger partial charge in [0, 0.05) is 29.0 Å². The lowest BCUT2D eigenvalue weighted by Crippen LogP contribution is -2.10. The summed E-state index contributed by atoms with van der Waals surface area (Å²) >= 11 is 0. The number of nitrogens with one attached hydrogen (secondary N) is 2. The van der Waals surface area contributed by atoms with E-state index in [9.17, 15) is 4.79 Å². The summed E-state index contributed by atoms with van der Waals surface area (Å²) in [6.07, 6.45) is 5.20. The number of hydrogen-bond acceptors (Lipinski definition) is 2. The number of fused-ring (bicyclic) bond motifs is 1.